The van der Waals surface area contributed by atoms with Gasteiger partial charge < -0.3 is 10.2 Å². The summed E-state index contributed by atoms with van der Waals surface area (Å²) < 4.78 is 0. The van der Waals surface area contributed by atoms with Crippen LogP contribution in [0, 0.1) is 5.92 Å². The Hall–Kier alpha value is -1.00. The van der Waals surface area contributed by atoms with Gasteiger partial charge in [-0.15, -0.1) is 11.8 Å². The zero-order valence-electron chi connectivity index (χ0n) is 13.3. The third-order valence-electron chi connectivity index (χ3n) is 4.76. The van der Waals surface area contributed by atoms with Crippen LogP contribution >= 0.6 is 11.8 Å². The molecule has 3 rings (SSSR count). The lowest BCUT2D eigenvalue weighted by atomic mass is 10.0. The Morgan fingerprint density at radius 2 is 1.91 bits per heavy atom. The molecule has 120 valence electrons. The lowest BCUT2D eigenvalue weighted by Crippen LogP contribution is -2.46. The van der Waals surface area contributed by atoms with Crippen LogP contribution in [0.3, 0.4) is 0 Å². The Labute approximate surface area is 137 Å². The maximum absolute atomic E-state index is 12.8. The Balaban J connectivity index is 1.51. The lowest BCUT2D eigenvalue weighted by Gasteiger charge is -2.34. The molecule has 22 heavy (non-hydrogen) atoms. The molecule has 1 amide bonds. The van der Waals surface area contributed by atoms with Gasteiger partial charge in [0.15, 0.2) is 0 Å². The largest absolute Gasteiger partial charge is 0.341 e. The molecule has 0 bridgehead atoms. The van der Waals surface area contributed by atoms with Gasteiger partial charge in [-0.2, -0.15) is 0 Å². The first-order chi connectivity index (χ1) is 10.8. The molecule has 0 aromatic heterocycles. The fraction of sp³-hybridized carbons (Fsp3) is 0.611. The van der Waals surface area contributed by atoms with E-state index in [4.69, 9.17) is 0 Å². The van der Waals surface area contributed by atoms with E-state index in [9.17, 15) is 4.79 Å². The van der Waals surface area contributed by atoms with Crippen molar-refractivity contribution in [2.45, 2.75) is 37.0 Å². The molecule has 1 unspecified atom stereocenters. The Morgan fingerprint density at radius 1 is 1.23 bits per heavy atom. The Morgan fingerprint density at radius 3 is 2.50 bits per heavy atom. The maximum atomic E-state index is 12.8. The van der Waals surface area contributed by atoms with Crippen molar-refractivity contribution < 1.29 is 4.79 Å². The number of likely N-dealkylation sites (tertiary alicyclic amines) is 1. The molecule has 4 heteroatoms. The van der Waals surface area contributed by atoms with Crippen LogP contribution in [-0.2, 0) is 4.79 Å². The topological polar surface area (TPSA) is 32.3 Å². The fourth-order valence-corrected chi connectivity index (χ4v) is 3.91. The summed E-state index contributed by atoms with van der Waals surface area (Å²) in [6.45, 7) is 2.96. The van der Waals surface area contributed by atoms with Crippen LogP contribution in [0.15, 0.2) is 30.3 Å². The number of thioether (sulfide) groups is 1. The van der Waals surface area contributed by atoms with Gasteiger partial charge in [-0.25, -0.2) is 0 Å². The quantitative estimate of drug-likeness (QED) is 0.875. The summed E-state index contributed by atoms with van der Waals surface area (Å²) in [7, 11) is 0. The summed E-state index contributed by atoms with van der Waals surface area (Å²) >= 11 is 1.64. The first kappa shape index (κ1) is 15.9. The van der Waals surface area contributed by atoms with Crippen molar-refractivity contribution >= 4 is 17.7 Å². The zero-order chi connectivity index (χ0) is 15.4. The third kappa shape index (κ3) is 4.05. The van der Waals surface area contributed by atoms with Gasteiger partial charge in [-0.1, -0.05) is 30.3 Å². The SMILES string of the molecule is CSC(C(=O)N1CCC(NCC2CC2)CC1)c1ccccc1. The summed E-state index contributed by atoms with van der Waals surface area (Å²) in [6.07, 6.45) is 7.01. The summed E-state index contributed by atoms with van der Waals surface area (Å²) in [5, 5.41) is 3.62. The van der Waals surface area contributed by atoms with Crippen molar-refractivity contribution in [3.63, 3.8) is 0 Å². The molecule has 1 aliphatic heterocycles. The van der Waals surface area contributed by atoms with Crippen LogP contribution in [0.1, 0.15) is 36.5 Å². The Bertz CT molecular complexity index is 481. The average Bonchev–Trinajstić information content (AvgIpc) is 3.39. The number of carbonyl (C=O) groups excluding carboxylic acids is 1. The molecule has 1 heterocycles. The molecule has 1 saturated carbocycles. The van der Waals surface area contributed by atoms with E-state index in [2.05, 4.69) is 22.3 Å². The van der Waals surface area contributed by atoms with E-state index in [1.807, 2.05) is 24.5 Å². The van der Waals surface area contributed by atoms with Crippen LogP contribution in [0.4, 0.5) is 0 Å². The molecule has 1 saturated heterocycles. The van der Waals surface area contributed by atoms with Gasteiger partial charge in [-0.05, 0) is 50.0 Å². The second-order valence-electron chi connectivity index (χ2n) is 6.48. The number of carbonyl (C=O) groups is 1. The molecular formula is C18H26N2OS. The molecule has 2 aliphatic rings. The molecule has 2 fully saturated rings. The molecule has 1 atom stereocenters. The van der Waals surface area contributed by atoms with Crippen LogP contribution in [-0.4, -0.2) is 42.7 Å². The van der Waals surface area contributed by atoms with E-state index in [0.717, 1.165) is 37.4 Å². The number of hydrogen-bond donors (Lipinski definition) is 1. The molecule has 1 aliphatic carbocycles. The number of rotatable bonds is 6. The summed E-state index contributed by atoms with van der Waals surface area (Å²) in [5.41, 5.74) is 1.12. The van der Waals surface area contributed by atoms with Crippen molar-refractivity contribution in [3.05, 3.63) is 35.9 Å². The lowest BCUT2D eigenvalue weighted by molar-refractivity contribution is -0.131. The fourth-order valence-electron chi connectivity index (χ4n) is 3.13. The number of amides is 1. The predicted molar refractivity (Wildman–Crippen MR) is 93.0 cm³/mol. The molecule has 1 aromatic rings. The van der Waals surface area contributed by atoms with Gasteiger partial charge in [0, 0.05) is 19.1 Å². The third-order valence-corrected chi connectivity index (χ3v) is 5.71. The molecule has 3 nitrogen and oxygen atoms in total. The van der Waals surface area contributed by atoms with Gasteiger partial charge in [0.25, 0.3) is 0 Å². The highest BCUT2D eigenvalue weighted by Crippen LogP contribution is 2.30. The van der Waals surface area contributed by atoms with Crippen LogP contribution < -0.4 is 5.32 Å². The van der Waals surface area contributed by atoms with Gasteiger partial charge in [0.05, 0.1) is 0 Å². The number of hydrogen-bond acceptors (Lipinski definition) is 3. The molecule has 0 spiro atoms. The van der Waals surface area contributed by atoms with Crippen LogP contribution in [0.5, 0.6) is 0 Å². The summed E-state index contributed by atoms with van der Waals surface area (Å²) in [5.74, 6) is 1.21. The smallest absolute Gasteiger partial charge is 0.240 e. The second-order valence-corrected chi connectivity index (χ2v) is 7.42. The van der Waals surface area contributed by atoms with Gasteiger partial charge in [0.1, 0.15) is 5.25 Å². The van der Waals surface area contributed by atoms with E-state index < -0.39 is 0 Å². The minimum absolute atomic E-state index is 0.0582. The van der Waals surface area contributed by atoms with Gasteiger partial charge >= 0.3 is 0 Å². The normalized spacial score (nSPS) is 20.9. The standard InChI is InChI=1S/C18H26N2OS/c1-22-17(15-5-3-2-4-6-15)18(21)20-11-9-16(10-12-20)19-13-14-7-8-14/h2-6,14,16-17,19H,7-13H2,1H3. The highest BCUT2D eigenvalue weighted by molar-refractivity contribution is 7.99. The highest BCUT2D eigenvalue weighted by Gasteiger charge is 2.29. The second kappa shape index (κ2) is 7.51. The first-order valence-electron chi connectivity index (χ1n) is 8.38. The van der Waals surface area contributed by atoms with Crippen molar-refractivity contribution in [1.82, 2.24) is 10.2 Å². The summed E-state index contributed by atoms with van der Waals surface area (Å²) in [6, 6.07) is 10.8. The number of nitrogens with zero attached hydrogens (tertiary/aromatic N) is 1. The number of benzene rings is 1. The molecule has 1 aromatic carbocycles. The van der Waals surface area contributed by atoms with Crippen molar-refractivity contribution in [1.29, 1.82) is 0 Å². The van der Waals surface area contributed by atoms with E-state index in [1.165, 1.54) is 19.4 Å². The highest BCUT2D eigenvalue weighted by atomic mass is 32.2. The van der Waals surface area contributed by atoms with E-state index >= 15 is 0 Å². The predicted octanol–water partition coefficient (Wildman–Crippen LogP) is 3.08. The van der Waals surface area contributed by atoms with Crippen LogP contribution in [0.2, 0.25) is 0 Å². The first-order valence-corrected chi connectivity index (χ1v) is 9.66. The minimum atomic E-state index is -0.0582. The van der Waals surface area contributed by atoms with Crippen LogP contribution in [0.25, 0.3) is 0 Å². The molecule has 1 N–H and O–H groups in total. The van der Waals surface area contributed by atoms with E-state index in [1.54, 1.807) is 11.8 Å². The maximum Gasteiger partial charge on any atom is 0.240 e. The monoisotopic (exact) mass is 318 g/mol. The van der Waals surface area contributed by atoms with Crippen molar-refractivity contribution in [2.75, 3.05) is 25.9 Å². The summed E-state index contributed by atoms with van der Waals surface area (Å²) in [4.78, 5) is 14.9. The zero-order valence-corrected chi connectivity index (χ0v) is 14.1. The van der Waals surface area contributed by atoms with Gasteiger partial charge in [-0.3, -0.25) is 4.79 Å². The minimum Gasteiger partial charge on any atom is -0.341 e. The Kier molecular flexibility index (Phi) is 5.42. The van der Waals surface area contributed by atoms with Crippen molar-refractivity contribution in [3.8, 4) is 0 Å². The van der Waals surface area contributed by atoms with Gasteiger partial charge in [0.2, 0.25) is 5.91 Å². The average molecular weight is 318 g/mol. The van der Waals surface area contributed by atoms with Crippen molar-refractivity contribution in [2.24, 2.45) is 5.92 Å². The molecular weight excluding hydrogens is 292 g/mol. The number of piperidine rings is 1. The van der Waals surface area contributed by atoms with E-state index in [0.29, 0.717) is 6.04 Å². The molecule has 0 radical (unpaired) electrons. The number of nitrogens with one attached hydrogen (secondary N) is 1. The van der Waals surface area contributed by atoms with E-state index in [-0.39, 0.29) is 11.2 Å².